The van der Waals surface area contributed by atoms with Crippen molar-refractivity contribution in [2.24, 2.45) is 0 Å². The van der Waals surface area contributed by atoms with E-state index in [9.17, 15) is 39.3 Å². The van der Waals surface area contributed by atoms with E-state index in [1.807, 2.05) is 0 Å². The number of benzene rings is 2. The van der Waals surface area contributed by atoms with Gasteiger partial charge < -0.3 is 9.47 Å². The summed E-state index contributed by atoms with van der Waals surface area (Å²) < 4.78 is 130. The van der Waals surface area contributed by atoms with Crippen LogP contribution in [0, 0.1) is 0 Å². The minimum atomic E-state index is -5.54. The van der Waals surface area contributed by atoms with Gasteiger partial charge in [0.2, 0.25) is 0 Å². The largest absolute Gasteiger partial charge is 0.495 e. The Bertz CT molecular complexity index is 1190. The van der Waals surface area contributed by atoms with E-state index in [0.29, 0.717) is 0 Å². The lowest BCUT2D eigenvalue weighted by molar-refractivity contribution is -0.480. The van der Waals surface area contributed by atoms with Crippen LogP contribution in [0.1, 0.15) is 6.92 Å². The van der Waals surface area contributed by atoms with Gasteiger partial charge >= 0.3 is 17.7 Å². The van der Waals surface area contributed by atoms with E-state index in [4.69, 9.17) is 9.99 Å². The first kappa shape index (κ1) is 26.4. The van der Waals surface area contributed by atoms with E-state index in [2.05, 4.69) is 14.1 Å². The summed E-state index contributed by atoms with van der Waals surface area (Å²) in [5.74, 6) is -16.8. The van der Waals surface area contributed by atoms with Crippen LogP contribution in [0.15, 0.2) is 46.2 Å². The number of rotatable bonds is 8. The molecule has 0 saturated heterocycles. The Kier molecular flexibility index (Phi) is 6.56. The number of alkyl halides is 6. The molecule has 2 N–H and O–H groups in total. The molecule has 16 heteroatoms. The Labute approximate surface area is 192 Å². The van der Waals surface area contributed by atoms with Gasteiger partial charge in [0.05, 0.1) is 24.0 Å². The molecular weight excluding hydrogens is 522 g/mol. The van der Waals surface area contributed by atoms with Gasteiger partial charge in [0, 0.05) is 0 Å². The molecule has 0 spiro atoms. The fourth-order valence-electron chi connectivity index (χ4n) is 3.19. The third-order valence-corrected chi connectivity index (χ3v) is 6.62. The van der Waals surface area contributed by atoms with Crippen LogP contribution < -0.4 is 9.47 Å². The predicted octanol–water partition coefficient (Wildman–Crippen LogP) is 5.09. The molecule has 2 unspecified atom stereocenters. The Hall–Kier alpha value is -2.24. The Morgan fingerprint density at radius 3 is 1.97 bits per heavy atom. The predicted molar refractivity (Wildman–Crippen MR) is 103 cm³/mol. The van der Waals surface area contributed by atoms with Crippen molar-refractivity contribution in [1.29, 1.82) is 0 Å². The molecule has 1 fully saturated rings. The van der Waals surface area contributed by atoms with Gasteiger partial charge in [0.1, 0.15) is 16.4 Å². The number of ether oxygens (including phenoxy) is 2. The first-order valence-corrected chi connectivity index (χ1v) is 11.0. The third-order valence-electron chi connectivity index (χ3n) is 5.12. The van der Waals surface area contributed by atoms with Gasteiger partial charge in [-0.2, -0.15) is 30.4 Å². The summed E-state index contributed by atoms with van der Waals surface area (Å²) in [5.41, 5.74) is -4.26. The molecule has 0 aliphatic heterocycles. The average molecular weight is 536 g/mol. The standard InChI is InChI=1S/C18H14F6O8S2/c1-15(19)16(20,21)17(22,23)18(15,24)30-11-5-3-9(7-13(11)33-32-31-25)10-4-6-12(29-2)14(8-10)34(26,27)28/h3-8,25H,1-2H3,(H,26,27,28). The second-order valence-corrected chi connectivity index (χ2v) is 9.21. The molecule has 0 radical (unpaired) electrons. The first-order chi connectivity index (χ1) is 15.5. The van der Waals surface area contributed by atoms with Crippen LogP contribution in [0.4, 0.5) is 26.3 Å². The van der Waals surface area contributed by atoms with Crippen molar-refractivity contribution in [2.75, 3.05) is 7.11 Å². The molecule has 0 aromatic heterocycles. The fourth-order valence-corrected chi connectivity index (χ4v) is 4.34. The maximum absolute atomic E-state index is 14.8. The van der Waals surface area contributed by atoms with Crippen molar-refractivity contribution >= 4 is 22.2 Å². The van der Waals surface area contributed by atoms with Crippen LogP contribution in [0.2, 0.25) is 0 Å². The molecule has 34 heavy (non-hydrogen) atoms. The van der Waals surface area contributed by atoms with Crippen LogP contribution in [-0.4, -0.2) is 48.7 Å². The zero-order chi connectivity index (χ0) is 25.7. The van der Waals surface area contributed by atoms with Gasteiger partial charge in [0.25, 0.3) is 15.8 Å². The highest BCUT2D eigenvalue weighted by Crippen LogP contribution is 2.68. The smallest absolute Gasteiger partial charge is 0.385 e. The van der Waals surface area contributed by atoms with E-state index in [-0.39, 0.29) is 35.8 Å². The van der Waals surface area contributed by atoms with Gasteiger partial charge in [-0.15, -0.1) is 4.33 Å². The van der Waals surface area contributed by atoms with Crippen LogP contribution in [-0.2, 0) is 19.5 Å². The third kappa shape index (κ3) is 3.77. The highest BCUT2D eigenvalue weighted by atomic mass is 32.2. The van der Waals surface area contributed by atoms with Crippen LogP contribution in [0.25, 0.3) is 11.1 Å². The van der Waals surface area contributed by atoms with Gasteiger partial charge in [-0.25, -0.2) is 9.65 Å². The van der Waals surface area contributed by atoms with E-state index in [1.165, 1.54) is 12.1 Å². The first-order valence-electron chi connectivity index (χ1n) is 8.82. The summed E-state index contributed by atoms with van der Waals surface area (Å²) in [6.07, 6.45) is 0. The molecule has 2 aromatic rings. The molecule has 8 nitrogen and oxygen atoms in total. The van der Waals surface area contributed by atoms with Crippen molar-refractivity contribution in [3.05, 3.63) is 36.4 Å². The quantitative estimate of drug-likeness (QED) is 0.157. The van der Waals surface area contributed by atoms with E-state index in [0.717, 1.165) is 31.4 Å². The lowest BCUT2D eigenvalue weighted by Crippen LogP contribution is -2.86. The molecule has 2 aromatic carbocycles. The summed E-state index contributed by atoms with van der Waals surface area (Å²) in [4.78, 5) is -1.11. The Morgan fingerprint density at radius 1 is 0.912 bits per heavy atom. The van der Waals surface area contributed by atoms with Gasteiger partial charge in [-0.05, 0) is 42.3 Å². The molecule has 2 atom stereocenters. The number of halogens is 6. The van der Waals surface area contributed by atoms with Gasteiger partial charge in [0.15, 0.2) is 0 Å². The van der Waals surface area contributed by atoms with Gasteiger partial charge in [-0.1, -0.05) is 17.2 Å². The summed E-state index contributed by atoms with van der Waals surface area (Å²) in [5, 5.41) is 11.7. The molecule has 1 saturated carbocycles. The Balaban J connectivity index is 2.07. The second-order valence-electron chi connectivity index (χ2n) is 7.08. The molecule has 0 bridgehead atoms. The van der Waals surface area contributed by atoms with Crippen LogP contribution >= 0.6 is 12.0 Å². The maximum atomic E-state index is 14.8. The fraction of sp³-hybridized carbons (Fsp3) is 0.333. The number of hydrogen-bond acceptors (Lipinski definition) is 8. The minimum absolute atomic E-state index is 0.0377. The monoisotopic (exact) mass is 536 g/mol. The highest BCUT2D eigenvalue weighted by Gasteiger charge is 2.98. The Morgan fingerprint density at radius 2 is 1.47 bits per heavy atom. The minimum Gasteiger partial charge on any atom is -0.495 e. The highest BCUT2D eigenvalue weighted by molar-refractivity contribution is 7.94. The molecule has 188 valence electrons. The number of methoxy groups -OCH3 is 1. The second kappa shape index (κ2) is 8.46. The lowest BCUT2D eigenvalue weighted by atomic mass is 9.69. The zero-order valence-electron chi connectivity index (χ0n) is 16.9. The van der Waals surface area contributed by atoms with Crippen molar-refractivity contribution in [3.8, 4) is 22.6 Å². The summed E-state index contributed by atoms with van der Waals surface area (Å²) in [7, 11) is -3.60. The summed E-state index contributed by atoms with van der Waals surface area (Å²) >= 11 is 0.0377. The van der Waals surface area contributed by atoms with Crippen LogP contribution in [0.5, 0.6) is 11.5 Å². The zero-order valence-corrected chi connectivity index (χ0v) is 18.5. The van der Waals surface area contributed by atoms with Crippen molar-refractivity contribution < 1.29 is 63.4 Å². The molecule has 1 aliphatic carbocycles. The van der Waals surface area contributed by atoms with Gasteiger partial charge in [-0.3, -0.25) is 4.55 Å². The van der Waals surface area contributed by atoms with E-state index < -0.39 is 49.0 Å². The average Bonchev–Trinajstić information content (AvgIpc) is 2.76. The topological polar surface area (TPSA) is 112 Å². The van der Waals surface area contributed by atoms with E-state index >= 15 is 0 Å². The molecule has 0 heterocycles. The molecule has 0 amide bonds. The van der Waals surface area contributed by atoms with Crippen molar-refractivity contribution in [1.82, 2.24) is 0 Å². The molecule has 1 aliphatic rings. The summed E-state index contributed by atoms with van der Waals surface area (Å²) in [6, 6.07) is 6.30. The normalized spacial score (nSPS) is 25.5. The molecular formula is C18H14F6O8S2. The van der Waals surface area contributed by atoms with E-state index in [1.54, 1.807) is 0 Å². The lowest BCUT2D eigenvalue weighted by Gasteiger charge is -2.55. The molecule has 3 rings (SSSR count). The van der Waals surface area contributed by atoms with Crippen LogP contribution in [0.3, 0.4) is 0 Å². The number of hydrogen-bond donors (Lipinski definition) is 2. The maximum Gasteiger partial charge on any atom is 0.385 e. The summed E-state index contributed by atoms with van der Waals surface area (Å²) in [6.45, 7) is -0.0901. The van der Waals surface area contributed by atoms with Crippen molar-refractivity contribution in [2.45, 2.75) is 40.1 Å². The SMILES string of the molecule is COc1ccc(-c2ccc(OC3(F)C(C)(F)C(F)(F)C3(F)F)c(SOOO)c2)cc1S(=O)(=O)O. The van der Waals surface area contributed by atoms with Crippen molar-refractivity contribution in [3.63, 3.8) is 0 Å².